The highest BCUT2D eigenvalue weighted by molar-refractivity contribution is 5.88. The van der Waals surface area contributed by atoms with Crippen LogP contribution in [0.15, 0.2) is 28.8 Å². The maximum absolute atomic E-state index is 10.8. The Kier molecular flexibility index (Phi) is 3.38. The minimum Gasteiger partial charge on any atom is -0.478 e. The zero-order chi connectivity index (χ0) is 14.0. The molecule has 0 bridgehead atoms. The predicted octanol–water partition coefficient (Wildman–Crippen LogP) is 3.02. The number of hydrogen-bond acceptors (Lipinski definition) is 4. The van der Waals surface area contributed by atoms with Gasteiger partial charge in [0.15, 0.2) is 5.82 Å². The van der Waals surface area contributed by atoms with Crippen molar-refractivity contribution in [3.05, 3.63) is 35.7 Å². The van der Waals surface area contributed by atoms with Crippen molar-refractivity contribution >= 4 is 5.97 Å². The van der Waals surface area contributed by atoms with Crippen LogP contribution in [-0.2, 0) is 6.42 Å². The Balaban J connectivity index is 2.20. The summed E-state index contributed by atoms with van der Waals surface area (Å²) < 4.78 is 5.19. The minimum absolute atomic E-state index is 0.0916. The lowest BCUT2D eigenvalue weighted by Gasteiger charge is -2.14. The Hall–Kier alpha value is -2.17. The van der Waals surface area contributed by atoms with Gasteiger partial charge in [-0.3, -0.25) is 0 Å². The SMILES string of the molecule is CC(C)(C)Cc1noc(-c2ccc(C(=O)O)cc2)n1. The van der Waals surface area contributed by atoms with Crippen LogP contribution >= 0.6 is 0 Å². The highest BCUT2D eigenvalue weighted by atomic mass is 16.5. The first-order chi connectivity index (χ1) is 8.85. The monoisotopic (exact) mass is 260 g/mol. The molecule has 1 heterocycles. The van der Waals surface area contributed by atoms with Crippen LogP contribution in [-0.4, -0.2) is 21.2 Å². The summed E-state index contributed by atoms with van der Waals surface area (Å²) in [7, 11) is 0. The van der Waals surface area contributed by atoms with Crippen LogP contribution in [0.4, 0.5) is 0 Å². The van der Waals surface area contributed by atoms with Crippen LogP contribution in [0.3, 0.4) is 0 Å². The van der Waals surface area contributed by atoms with Gasteiger partial charge >= 0.3 is 5.97 Å². The molecule has 2 aromatic rings. The number of aromatic carboxylic acids is 1. The van der Waals surface area contributed by atoms with Gasteiger partial charge in [-0.25, -0.2) is 4.79 Å². The third kappa shape index (κ3) is 3.40. The zero-order valence-corrected chi connectivity index (χ0v) is 11.2. The quantitative estimate of drug-likeness (QED) is 0.917. The topological polar surface area (TPSA) is 76.2 Å². The van der Waals surface area contributed by atoms with E-state index in [1.54, 1.807) is 12.1 Å². The van der Waals surface area contributed by atoms with Crippen LogP contribution in [0.5, 0.6) is 0 Å². The van der Waals surface area contributed by atoms with Crippen molar-refractivity contribution in [2.75, 3.05) is 0 Å². The second kappa shape index (κ2) is 4.84. The summed E-state index contributed by atoms with van der Waals surface area (Å²) in [6.45, 7) is 6.31. The van der Waals surface area contributed by atoms with Crippen LogP contribution in [0, 0.1) is 5.41 Å². The van der Waals surface area contributed by atoms with E-state index in [0.717, 1.165) is 12.0 Å². The van der Waals surface area contributed by atoms with Gasteiger partial charge in [0.1, 0.15) is 0 Å². The molecule has 0 spiro atoms. The number of aromatic nitrogens is 2. The molecule has 19 heavy (non-hydrogen) atoms. The molecule has 2 rings (SSSR count). The molecule has 5 heteroatoms. The lowest BCUT2D eigenvalue weighted by molar-refractivity contribution is 0.0697. The third-order valence-corrected chi connectivity index (χ3v) is 2.54. The Morgan fingerprint density at radius 3 is 2.42 bits per heavy atom. The van der Waals surface area contributed by atoms with Crippen molar-refractivity contribution in [3.63, 3.8) is 0 Å². The molecule has 5 nitrogen and oxygen atoms in total. The second-order valence-electron chi connectivity index (χ2n) is 5.64. The first-order valence-corrected chi connectivity index (χ1v) is 6.01. The van der Waals surface area contributed by atoms with E-state index < -0.39 is 5.97 Å². The molecular formula is C14H16N2O3. The summed E-state index contributed by atoms with van der Waals surface area (Å²) in [5.41, 5.74) is 1.05. The van der Waals surface area contributed by atoms with E-state index in [0.29, 0.717) is 11.7 Å². The maximum Gasteiger partial charge on any atom is 0.335 e. The van der Waals surface area contributed by atoms with E-state index in [1.807, 2.05) is 0 Å². The fourth-order valence-electron chi connectivity index (χ4n) is 1.67. The highest BCUT2D eigenvalue weighted by Crippen LogP contribution is 2.22. The van der Waals surface area contributed by atoms with E-state index in [1.165, 1.54) is 12.1 Å². The molecule has 100 valence electrons. The molecule has 0 saturated heterocycles. The Morgan fingerprint density at radius 2 is 1.89 bits per heavy atom. The molecule has 1 aromatic heterocycles. The highest BCUT2D eigenvalue weighted by Gasteiger charge is 2.17. The van der Waals surface area contributed by atoms with Crippen molar-refractivity contribution in [2.24, 2.45) is 5.41 Å². The Morgan fingerprint density at radius 1 is 1.26 bits per heavy atom. The van der Waals surface area contributed by atoms with Crippen LogP contribution in [0.1, 0.15) is 37.0 Å². The molecule has 0 aliphatic rings. The minimum atomic E-state index is -0.953. The van der Waals surface area contributed by atoms with E-state index in [-0.39, 0.29) is 11.0 Å². The number of carboxylic acids is 1. The summed E-state index contributed by atoms with van der Waals surface area (Å²) in [5, 5.41) is 12.8. The van der Waals surface area contributed by atoms with Gasteiger partial charge in [0, 0.05) is 12.0 Å². The molecule has 0 radical (unpaired) electrons. The van der Waals surface area contributed by atoms with Gasteiger partial charge < -0.3 is 9.63 Å². The summed E-state index contributed by atoms with van der Waals surface area (Å²) >= 11 is 0. The number of rotatable bonds is 3. The van der Waals surface area contributed by atoms with Crippen molar-refractivity contribution in [1.82, 2.24) is 10.1 Å². The summed E-state index contributed by atoms with van der Waals surface area (Å²) in [4.78, 5) is 15.1. The average Bonchev–Trinajstić information content (AvgIpc) is 2.75. The predicted molar refractivity (Wildman–Crippen MR) is 69.9 cm³/mol. The van der Waals surface area contributed by atoms with Crippen molar-refractivity contribution in [3.8, 4) is 11.5 Å². The van der Waals surface area contributed by atoms with E-state index in [4.69, 9.17) is 9.63 Å². The molecule has 0 saturated carbocycles. The molecule has 0 atom stereocenters. The molecule has 0 aliphatic heterocycles. The van der Waals surface area contributed by atoms with E-state index >= 15 is 0 Å². The third-order valence-electron chi connectivity index (χ3n) is 2.54. The van der Waals surface area contributed by atoms with Gasteiger partial charge in [-0.2, -0.15) is 4.98 Å². The summed E-state index contributed by atoms with van der Waals surface area (Å²) in [6, 6.07) is 6.37. The number of hydrogen-bond donors (Lipinski definition) is 1. The van der Waals surface area contributed by atoms with Crippen molar-refractivity contribution in [1.29, 1.82) is 0 Å². The first kappa shape index (κ1) is 13.3. The molecule has 1 N–H and O–H groups in total. The van der Waals surface area contributed by atoms with Gasteiger partial charge in [0.2, 0.25) is 0 Å². The molecule has 0 amide bonds. The van der Waals surface area contributed by atoms with E-state index in [2.05, 4.69) is 30.9 Å². The fourth-order valence-corrected chi connectivity index (χ4v) is 1.67. The van der Waals surface area contributed by atoms with Gasteiger partial charge in [-0.1, -0.05) is 25.9 Å². The smallest absolute Gasteiger partial charge is 0.335 e. The van der Waals surface area contributed by atoms with Crippen LogP contribution < -0.4 is 0 Å². The van der Waals surface area contributed by atoms with Crippen LogP contribution in [0.25, 0.3) is 11.5 Å². The molecule has 0 unspecified atom stereocenters. The second-order valence-corrected chi connectivity index (χ2v) is 5.64. The summed E-state index contributed by atoms with van der Waals surface area (Å²) in [5.74, 6) is 0.117. The van der Waals surface area contributed by atoms with E-state index in [9.17, 15) is 4.79 Å². The van der Waals surface area contributed by atoms with Crippen LogP contribution in [0.2, 0.25) is 0 Å². The summed E-state index contributed by atoms with van der Waals surface area (Å²) in [6.07, 6.45) is 0.726. The van der Waals surface area contributed by atoms with Gasteiger partial charge in [0.25, 0.3) is 5.89 Å². The van der Waals surface area contributed by atoms with Gasteiger partial charge in [-0.15, -0.1) is 0 Å². The Bertz CT molecular complexity index is 579. The lowest BCUT2D eigenvalue weighted by Crippen LogP contribution is -2.10. The molecule has 0 aliphatic carbocycles. The first-order valence-electron chi connectivity index (χ1n) is 6.01. The van der Waals surface area contributed by atoms with Crippen molar-refractivity contribution in [2.45, 2.75) is 27.2 Å². The number of benzene rings is 1. The number of carboxylic acid groups (broad SMARTS) is 1. The fraction of sp³-hybridized carbons (Fsp3) is 0.357. The van der Waals surface area contributed by atoms with Gasteiger partial charge in [-0.05, 0) is 29.7 Å². The standard InChI is InChI=1S/C14H16N2O3/c1-14(2,3)8-11-15-12(19-16-11)9-4-6-10(7-5-9)13(17)18/h4-7H,8H2,1-3H3,(H,17,18). The number of nitrogens with zero attached hydrogens (tertiary/aromatic N) is 2. The van der Waals surface area contributed by atoms with Crippen molar-refractivity contribution < 1.29 is 14.4 Å². The van der Waals surface area contributed by atoms with Gasteiger partial charge in [0.05, 0.1) is 5.56 Å². The molecule has 1 aromatic carbocycles. The molecular weight excluding hydrogens is 244 g/mol. The number of carbonyl (C=O) groups is 1. The lowest BCUT2D eigenvalue weighted by atomic mass is 9.92. The average molecular weight is 260 g/mol. The maximum atomic E-state index is 10.8. The molecule has 0 fully saturated rings. The Labute approximate surface area is 111 Å². The largest absolute Gasteiger partial charge is 0.478 e. The zero-order valence-electron chi connectivity index (χ0n) is 11.2. The normalized spacial score (nSPS) is 11.5.